The first-order valence-corrected chi connectivity index (χ1v) is 5.58. The number of nitrogen functional groups attached to an aromatic ring is 1. The molecule has 4 N–H and O–H groups in total. The average molecular weight is 222 g/mol. The fourth-order valence-corrected chi connectivity index (χ4v) is 2.16. The van der Waals surface area contributed by atoms with Gasteiger partial charge in [0.15, 0.2) is 0 Å². The summed E-state index contributed by atoms with van der Waals surface area (Å²) in [6, 6.07) is 5.53. The van der Waals surface area contributed by atoms with Crippen LogP contribution >= 0.6 is 0 Å². The van der Waals surface area contributed by atoms with Crippen molar-refractivity contribution in [2.24, 2.45) is 0 Å². The number of rotatable bonds is 2. The third-order valence-electron chi connectivity index (χ3n) is 3.01. The predicted molar refractivity (Wildman–Crippen MR) is 64.3 cm³/mol. The third kappa shape index (κ3) is 2.13. The van der Waals surface area contributed by atoms with Crippen molar-refractivity contribution < 1.29 is 10.2 Å². The van der Waals surface area contributed by atoms with Gasteiger partial charge in [-0.1, -0.05) is 0 Å². The number of β-amino-alcohol motifs (C(OH)–C–C–N with tert-alkyl or cyclic N) is 1. The smallest absolute Gasteiger partial charge is 0.0782 e. The molecule has 0 aliphatic carbocycles. The standard InChI is InChI=1S/C12H18N2O2/c1-8(15)11-6-9(13)2-3-12(11)14-5-4-10(16)7-14/h2-3,6,8,10,15-16H,4-5,7,13H2,1H3. The molecule has 2 atom stereocenters. The van der Waals surface area contributed by atoms with E-state index in [1.165, 1.54) is 0 Å². The topological polar surface area (TPSA) is 69.7 Å². The Morgan fingerprint density at radius 2 is 2.25 bits per heavy atom. The van der Waals surface area contributed by atoms with Gasteiger partial charge in [-0.3, -0.25) is 0 Å². The molecule has 16 heavy (non-hydrogen) atoms. The predicted octanol–water partition coefficient (Wildman–Crippen LogP) is 0.893. The molecular formula is C12H18N2O2. The van der Waals surface area contributed by atoms with Gasteiger partial charge in [0, 0.05) is 30.0 Å². The summed E-state index contributed by atoms with van der Waals surface area (Å²) in [7, 11) is 0. The van der Waals surface area contributed by atoms with Gasteiger partial charge in [0.2, 0.25) is 0 Å². The summed E-state index contributed by atoms with van der Waals surface area (Å²) in [5, 5.41) is 19.2. The van der Waals surface area contributed by atoms with Gasteiger partial charge >= 0.3 is 0 Å². The van der Waals surface area contributed by atoms with Crippen molar-refractivity contribution in [1.82, 2.24) is 0 Å². The molecule has 88 valence electrons. The Morgan fingerprint density at radius 1 is 1.50 bits per heavy atom. The van der Waals surface area contributed by atoms with Crippen LogP contribution in [0.2, 0.25) is 0 Å². The minimum absolute atomic E-state index is 0.264. The molecule has 2 unspecified atom stereocenters. The summed E-state index contributed by atoms with van der Waals surface area (Å²) >= 11 is 0. The van der Waals surface area contributed by atoms with Crippen LogP contribution in [0.5, 0.6) is 0 Å². The maximum atomic E-state index is 9.71. The fraction of sp³-hybridized carbons (Fsp3) is 0.500. The van der Waals surface area contributed by atoms with E-state index in [2.05, 4.69) is 4.90 Å². The van der Waals surface area contributed by atoms with E-state index in [0.717, 1.165) is 24.2 Å². The molecule has 1 heterocycles. The van der Waals surface area contributed by atoms with Crippen LogP contribution < -0.4 is 10.6 Å². The first-order valence-electron chi connectivity index (χ1n) is 5.58. The molecule has 1 fully saturated rings. The van der Waals surface area contributed by atoms with Gasteiger partial charge < -0.3 is 20.8 Å². The molecule has 0 radical (unpaired) electrons. The van der Waals surface area contributed by atoms with E-state index in [1.807, 2.05) is 12.1 Å². The molecule has 0 bridgehead atoms. The van der Waals surface area contributed by atoms with E-state index in [1.54, 1.807) is 13.0 Å². The Hall–Kier alpha value is -1.26. The second-order valence-corrected chi connectivity index (χ2v) is 4.38. The molecule has 0 aromatic heterocycles. The number of hydrogen-bond acceptors (Lipinski definition) is 4. The number of anilines is 2. The zero-order valence-electron chi connectivity index (χ0n) is 9.43. The van der Waals surface area contributed by atoms with Gasteiger partial charge in [0.25, 0.3) is 0 Å². The molecule has 0 spiro atoms. The number of hydrogen-bond donors (Lipinski definition) is 3. The fourth-order valence-electron chi connectivity index (χ4n) is 2.16. The highest BCUT2D eigenvalue weighted by molar-refractivity contribution is 5.61. The van der Waals surface area contributed by atoms with E-state index in [-0.39, 0.29) is 6.10 Å². The van der Waals surface area contributed by atoms with Crippen LogP contribution in [-0.4, -0.2) is 29.4 Å². The van der Waals surface area contributed by atoms with Crippen LogP contribution in [0, 0.1) is 0 Å². The van der Waals surface area contributed by atoms with Crippen molar-refractivity contribution in [3.05, 3.63) is 23.8 Å². The van der Waals surface area contributed by atoms with Crippen LogP contribution in [0.25, 0.3) is 0 Å². The van der Waals surface area contributed by atoms with E-state index >= 15 is 0 Å². The average Bonchev–Trinajstić information content (AvgIpc) is 2.64. The van der Waals surface area contributed by atoms with Crippen molar-refractivity contribution in [1.29, 1.82) is 0 Å². The molecule has 1 aromatic carbocycles. The van der Waals surface area contributed by atoms with Crippen molar-refractivity contribution in [3.63, 3.8) is 0 Å². The van der Waals surface area contributed by atoms with E-state index < -0.39 is 6.10 Å². The molecule has 0 saturated carbocycles. The molecule has 4 heteroatoms. The Labute approximate surface area is 95.3 Å². The Bertz CT molecular complexity index is 379. The normalized spacial score (nSPS) is 22.4. The molecule has 0 amide bonds. The summed E-state index contributed by atoms with van der Waals surface area (Å²) in [5.41, 5.74) is 8.17. The molecule has 2 rings (SSSR count). The minimum atomic E-state index is -0.545. The van der Waals surface area contributed by atoms with Crippen LogP contribution in [0.3, 0.4) is 0 Å². The first-order chi connectivity index (χ1) is 7.58. The second-order valence-electron chi connectivity index (χ2n) is 4.38. The lowest BCUT2D eigenvalue weighted by molar-refractivity contribution is 0.196. The quantitative estimate of drug-likeness (QED) is 0.650. The SMILES string of the molecule is CC(O)c1cc(N)ccc1N1CCC(O)C1. The number of aliphatic hydroxyl groups excluding tert-OH is 2. The number of benzene rings is 1. The largest absolute Gasteiger partial charge is 0.399 e. The summed E-state index contributed by atoms with van der Waals surface area (Å²) in [4.78, 5) is 2.09. The van der Waals surface area contributed by atoms with Gasteiger partial charge in [-0.25, -0.2) is 0 Å². The van der Waals surface area contributed by atoms with E-state index in [4.69, 9.17) is 5.73 Å². The lowest BCUT2D eigenvalue weighted by atomic mass is 10.1. The molecule has 1 aromatic rings. The minimum Gasteiger partial charge on any atom is -0.399 e. The van der Waals surface area contributed by atoms with Crippen LogP contribution in [0.1, 0.15) is 25.0 Å². The summed E-state index contributed by atoms with van der Waals surface area (Å²) < 4.78 is 0. The van der Waals surface area contributed by atoms with Gasteiger partial charge in [-0.15, -0.1) is 0 Å². The maximum Gasteiger partial charge on any atom is 0.0782 e. The highest BCUT2D eigenvalue weighted by Crippen LogP contribution is 2.30. The number of aliphatic hydroxyl groups is 2. The monoisotopic (exact) mass is 222 g/mol. The van der Waals surface area contributed by atoms with Gasteiger partial charge in [0.05, 0.1) is 12.2 Å². The maximum absolute atomic E-state index is 9.71. The number of nitrogens with two attached hydrogens (primary N) is 1. The van der Waals surface area contributed by atoms with Crippen molar-refractivity contribution in [3.8, 4) is 0 Å². The van der Waals surface area contributed by atoms with Crippen molar-refractivity contribution in [2.45, 2.75) is 25.6 Å². The first kappa shape index (κ1) is 11.2. The second kappa shape index (κ2) is 4.31. The van der Waals surface area contributed by atoms with E-state index in [0.29, 0.717) is 12.2 Å². The third-order valence-corrected chi connectivity index (χ3v) is 3.01. The van der Waals surface area contributed by atoms with Crippen LogP contribution in [-0.2, 0) is 0 Å². The Kier molecular flexibility index (Phi) is 3.03. The summed E-state index contributed by atoms with van der Waals surface area (Å²) in [6.07, 6.45) is -0.0282. The van der Waals surface area contributed by atoms with Crippen LogP contribution in [0.15, 0.2) is 18.2 Å². The molecular weight excluding hydrogens is 204 g/mol. The van der Waals surface area contributed by atoms with Gasteiger partial charge in [-0.2, -0.15) is 0 Å². The Morgan fingerprint density at radius 3 is 2.81 bits per heavy atom. The lowest BCUT2D eigenvalue weighted by Gasteiger charge is -2.23. The Balaban J connectivity index is 2.32. The molecule has 1 aliphatic heterocycles. The summed E-state index contributed by atoms with van der Waals surface area (Å²) in [5.74, 6) is 0. The lowest BCUT2D eigenvalue weighted by Crippen LogP contribution is -2.22. The zero-order valence-corrected chi connectivity index (χ0v) is 9.43. The zero-order chi connectivity index (χ0) is 11.7. The summed E-state index contributed by atoms with van der Waals surface area (Å²) in [6.45, 7) is 3.18. The highest BCUT2D eigenvalue weighted by atomic mass is 16.3. The molecule has 1 saturated heterocycles. The van der Waals surface area contributed by atoms with Crippen molar-refractivity contribution >= 4 is 11.4 Å². The highest BCUT2D eigenvalue weighted by Gasteiger charge is 2.23. The van der Waals surface area contributed by atoms with Gasteiger partial charge in [0.1, 0.15) is 0 Å². The molecule has 4 nitrogen and oxygen atoms in total. The van der Waals surface area contributed by atoms with Gasteiger partial charge in [-0.05, 0) is 31.5 Å². The van der Waals surface area contributed by atoms with Crippen molar-refractivity contribution in [2.75, 3.05) is 23.7 Å². The van der Waals surface area contributed by atoms with E-state index in [9.17, 15) is 10.2 Å². The van der Waals surface area contributed by atoms with Crippen LogP contribution in [0.4, 0.5) is 11.4 Å². The number of nitrogens with zero attached hydrogens (tertiary/aromatic N) is 1. The molecule has 1 aliphatic rings.